The second-order valence-electron chi connectivity index (χ2n) is 2.79. The van der Waals surface area contributed by atoms with Crippen molar-refractivity contribution in [1.29, 1.82) is 0 Å². The maximum atomic E-state index is 9.41. The average Bonchev–Trinajstić information content (AvgIpc) is 2.15. The van der Waals surface area contributed by atoms with Crippen LogP contribution in [0.4, 0.5) is 0 Å². The van der Waals surface area contributed by atoms with Gasteiger partial charge in [0.2, 0.25) is 0 Å². The van der Waals surface area contributed by atoms with Crippen molar-refractivity contribution in [2.24, 2.45) is 0 Å². The summed E-state index contributed by atoms with van der Waals surface area (Å²) in [6.45, 7) is -0.534. The van der Waals surface area contributed by atoms with E-state index >= 15 is 0 Å². The Hall–Kier alpha value is -0.240. The van der Waals surface area contributed by atoms with Gasteiger partial charge in [-0.15, -0.1) is 0 Å². The van der Waals surface area contributed by atoms with Gasteiger partial charge in [0.25, 0.3) is 0 Å². The largest absolute Gasteiger partial charge is 0.394 e. The fraction of sp³-hybridized carbons (Fsp3) is 1.00. The molecule has 1 rings (SSSR count). The molecular weight excluding hydrogens is 180 g/mol. The van der Waals surface area contributed by atoms with Gasteiger partial charge in [0.05, 0.1) is 7.98 Å². The van der Waals surface area contributed by atoms with Gasteiger partial charge < -0.3 is 29.9 Å². The first-order valence-corrected chi connectivity index (χ1v) is 3.82. The van der Waals surface area contributed by atoms with Gasteiger partial charge in [0, 0.05) is 7.11 Å². The van der Waals surface area contributed by atoms with Crippen LogP contribution < -0.4 is 0 Å². The molecular formula is C7H14O6. The molecule has 0 unspecified atom stereocenters. The van der Waals surface area contributed by atoms with E-state index in [-0.39, 0.29) is 0 Å². The zero-order chi connectivity index (χ0) is 10.9. The standard InChI is InChI=1S/C7H14O6/c1-12-7-6(11)5(10)4(9)3(2-8)13-7/h3-11H,2H2,1H3/t3-,4-,5+,6-,7-/m1/s1/i6D. The second kappa shape index (κ2) is 4.32. The summed E-state index contributed by atoms with van der Waals surface area (Å²) in [5.74, 6) is 0. The van der Waals surface area contributed by atoms with Crippen molar-refractivity contribution in [3.05, 3.63) is 0 Å². The summed E-state index contributed by atoms with van der Waals surface area (Å²) in [4.78, 5) is 0. The molecule has 1 aliphatic heterocycles. The molecule has 6 heteroatoms. The topological polar surface area (TPSA) is 99.4 Å². The van der Waals surface area contributed by atoms with Crippen LogP contribution in [0.1, 0.15) is 1.37 Å². The van der Waals surface area contributed by atoms with Gasteiger partial charge in [-0.2, -0.15) is 0 Å². The highest BCUT2D eigenvalue weighted by atomic mass is 16.7. The number of aliphatic hydroxyl groups is 4. The Morgan fingerprint density at radius 2 is 2.00 bits per heavy atom. The van der Waals surface area contributed by atoms with E-state index in [1.807, 2.05) is 0 Å². The molecule has 0 radical (unpaired) electrons. The quantitative estimate of drug-likeness (QED) is 0.386. The van der Waals surface area contributed by atoms with Crippen molar-refractivity contribution in [2.45, 2.75) is 30.7 Å². The van der Waals surface area contributed by atoms with Gasteiger partial charge in [0.1, 0.15) is 24.4 Å². The molecule has 1 aliphatic rings. The Morgan fingerprint density at radius 3 is 2.46 bits per heavy atom. The van der Waals surface area contributed by atoms with Crippen LogP contribution in [-0.4, -0.2) is 64.8 Å². The molecule has 78 valence electrons. The molecule has 0 aromatic carbocycles. The summed E-state index contributed by atoms with van der Waals surface area (Å²) >= 11 is 0. The number of hydrogen-bond acceptors (Lipinski definition) is 6. The van der Waals surface area contributed by atoms with E-state index in [2.05, 4.69) is 4.74 Å². The first kappa shape index (κ1) is 9.32. The van der Waals surface area contributed by atoms with Gasteiger partial charge >= 0.3 is 0 Å². The molecule has 1 saturated heterocycles. The van der Waals surface area contributed by atoms with Crippen LogP contribution in [0.3, 0.4) is 0 Å². The number of ether oxygens (including phenoxy) is 2. The number of hydrogen-bond donors (Lipinski definition) is 4. The molecule has 0 aromatic rings. The third kappa shape index (κ3) is 1.98. The zero-order valence-electron chi connectivity index (χ0n) is 8.12. The van der Waals surface area contributed by atoms with Crippen molar-refractivity contribution < 1.29 is 31.3 Å². The maximum Gasteiger partial charge on any atom is 0.186 e. The third-order valence-corrected chi connectivity index (χ3v) is 1.94. The van der Waals surface area contributed by atoms with E-state index in [0.717, 1.165) is 0 Å². The van der Waals surface area contributed by atoms with Crippen LogP contribution in [0.25, 0.3) is 0 Å². The maximum absolute atomic E-state index is 9.41. The highest BCUT2D eigenvalue weighted by molar-refractivity contribution is 4.88. The average molecular weight is 195 g/mol. The van der Waals surface area contributed by atoms with E-state index in [0.29, 0.717) is 0 Å². The van der Waals surface area contributed by atoms with E-state index in [1.54, 1.807) is 0 Å². The van der Waals surface area contributed by atoms with Crippen molar-refractivity contribution in [1.82, 2.24) is 0 Å². The van der Waals surface area contributed by atoms with Crippen LogP contribution in [-0.2, 0) is 9.47 Å². The Bertz CT molecular complexity index is 195. The van der Waals surface area contributed by atoms with Gasteiger partial charge in [-0.1, -0.05) is 0 Å². The highest BCUT2D eigenvalue weighted by Gasteiger charge is 2.43. The van der Waals surface area contributed by atoms with E-state index in [4.69, 9.17) is 11.2 Å². The molecule has 0 saturated carbocycles. The second-order valence-corrected chi connectivity index (χ2v) is 2.79. The molecule has 0 bridgehead atoms. The lowest BCUT2D eigenvalue weighted by molar-refractivity contribution is -0.294. The molecule has 0 aliphatic carbocycles. The molecule has 5 atom stereocenters. The summed E-state index contributed by atoms with van der Waals surface area (Å²) in [6, 6.07) is 0. The molecule has 4 N–H and O–H groups in total. The number of rotatable bonds is 2. The van der Waals surface area contributed by atoms with E-state index in [1.165, 1.54) is 7.11 Å². The lowest BCUT2D eigenvalue weighted by atomic mass is 9.99. The highest BCUT2D eigenvalue weighted by Crippen LogP contribution is 2.20. The minimum atomic E-state index is -2.44. The monoisotopic (exact) mass is 195 g/mol. The van der Waals surface area contributed by atoms with Crippen molar-refractivity contribution in [3.63, 3.8) is 0 Å². The molecule has 0 amide bonds. The molecule has 0 spiro atoms. The number of methoxy groups -OCH3 is 1. The SMILES string of the molecule is [2H][C@]1(O)[C@H](OC)O[C@H](CO)[C@@H](O)[C@@H]1O. The first-order chi connectivity index (χ1) is 6.45. The summed E-state index contributed by atoms with van der Waals surface area (Å²) in [7, 11) is 1.18. The van der Waals surface area contributed by atoms with Crippen LogP contribution >= 0.6 is 0 Å². The Labute approximate surface area is 76.7 Å². The molecule has 13 heavy (non-hydrogen) atoms. The van der Waals surface area contributed by atoms with Crippen molar-refractivity contribution in [3.8, 4) is 0 Å². The first-order valence-electron chi connectivity index (χ1n) is 4.32. The summed E-state index contributed by atoms with van der Waals surface area (Å²) < 4.78 is 16.8. The minimum absolute atomic E-state index is 0.534. The normalized spacial score (nSPS) is 53.2. The van der Waals surface area contributed by atoms with Crippen LogP contribution in [0, 0.1) is 0 Å². The Kier molecular flexibility index (Phi) is 3.09. The smallest absolute Gasteiger partial charge is 0.186 e. The number of aliphatic hydroxyl groups excluding tert-OH is 3. The van der Waals surface area contributed by atoms with Gasteiger partial charge in [0.15, 0.2) is 6.29 Å². The summed E-state index contributed by atoms with van der Waals surface area (Å²) in [5.41, 5.74) is 0. The Morgan fingerprint density at radius 1 is 1.38 bits per heavy atom. The van der Waals surface area contributed by atoms with E-state index in [9.17, 15) is 15.3 Å². The minimum Gasteiger partial charge on any atom is -0.394 e. The lowest BCUT2D eigenvalue weighted by Crippen LogP contribution is -2.58. The van der Waals surface area contributed by atoms with Gasteiger partial charge in [-0.3, -0.25) is 0 Å². The third-order valence-electron chi connectivity index (χ3n) is 1.94. The van der Waals surface area contributed by atoms with Gasteiger partial charge in [-0.25, -0.2) is 0 Å². The van der Waals surface area contributed by atoms with Gasteiger partial charge in [-0.05, 0) is 0 Å². The van der Waals surface area contributed by atoms with Crippen LogP contribution in [0.5, 0.6) is 0 Å². The summed E-state index contributed by atoms with van der Waals surface area (Å²) in [5, 5.41) is 36.8. The molecule has 1 heterocycles. The van der Waals surface area contributed by atoms with Crippen LogP contribution in [0.15, 0.2) is 0 Å². The molecule has 1 fully saturated rings. The Balaban J connectivity index is 2.83. The van der Waals surface area contributed by atoms with Crippen molar-refractivity contribution >= 4 is 0 Å². The van der Waals surface area contributed by atoms with E-state index < -0.39 is 37.3 Å². The molecule has 0 aromatic heterocycles. The predicted molar refractivity (Wildman–Crippen MR) is 40.8 cm³/mol. The van der Waals surface area contributed by atoms with Crippen molar-refractivity contribution in [2.75, 3.05) is 13.7 Å². The lowest BCUT2D eigenvalue weighted by Gasteiger charge is -2.38. The fourth-order valence-electron chi connectivity index (χ4n) is 1.15. The summed E-state index contributed by atoms with van der Waals surface area (Å²) in [6.07, 6.45) is -8.19. The molecule has 6 nitrogen and oxygen atoms in total. The van der Waals surface area contributed by atoms with Crippen LogP contribution in [0.2, 0.25) is 0 Å². The fourth-order valence-corrected chi connectivity index (χ4v) is 1.15. The predicted octanol–water partition coefficient (Wildman–Crippen LogP) is -2.57. The zero-order valence-corrected chi connectivity index (χ0v) is 7.12.